The Morgan fingerprint density at radius 3 is 2.72 bits per heavy atom. The standard InChI is InChI=1S/C21H34N4O3S/c1-16-7-6-11-24(13-16)21(2,3)15-22-20(26)23-19-9-5-8-17-14-25(29(4,27)28)12-10-18(17)19/h5,8-9,16H,6-7,10-15H2,1-4H3,(H2,22,23,26). The van der Waals surface area contributed by atoms with Crippen LogP contribution < -0.4 is 10.6 Å². The number of anilines is 1. The van der Waals surface area contributed by atoms with Crippen molar-refractivity contribution in [2.24, 2.45) is 5.92 Å². The summed E-state index contributed by atoms with van der Waals surface area (Å²) >= 11 is 0. The van der Waals surface area contributed by atoms with Crippen LogP contribution in [0.15, 0.2) is 18.2 Å². The maximum Gasteiger partial charge on any atom is 0.319 e. The van der Waals surface area contributed by atoms with Crippen molar-refractivity contribution < 1.29 is 13.2 Å². The molecule has 1 fully saturated rings. The van der Waals surface area contributed by atoms with Crippen molar-refractivity contribution in [3.05, 3.63) is 29.3 Å². The van der Waals surface area contributed by atoms with E-state index in [0.29, 0.717) is 32.0 Å². The number of fused-ring (bicyclic) bond motifs is 1. The zero-order valence-electron chi connectivity index (χ0n) is 18.0. The molecule has 1 saturated heterocycles. The van der Waals surface area contributed by atoms with E-state index in [1.54, 1.807) is 0 Å². The van der Waals surface area contributed by atoms with Gasteiger partial charge < -0.3 is 10.6 Å². The van der Waals surface area contributed by atoms with Crippen LogP contribution in [0.1, 0.15) is 44.7 Å². The quantitative estimate of drug-likeness (QED) is 0.764. The second-order valence-corrected chi connectivity index (χ2v) is 11.1. The topological polar surface area (TPSA) is 81.8 Å². The number of carbonyl (C=O) groups is 1. The summed E-state index contributed by atoms with van der Waals surface area (Å²) in [5.74, 6) is 0.694. The van der Waals surface area contributed by atoms with Gasteiger partial charge in [0.25, 0.3) is 0 Å². The van der Waals surface area contributed by atoms with Gasteiger partial charge in [-0.2, -0.15) is 4.31 Å². The first-order valence-electron chi connectivity index (χ1n) is 10.4. The Kier molecular flexibility index (Phi) is 6.55. The van der Waals surface area contributed by atoms with Gasteiger partial charge in [0, 0.05) is 37.4 Å². The summed E-state index contributed by atoms with van der Waals surface area (Å²) in [6.45, 7) is 10.1. The van der Waals surface area contributed by atoms with Crippen molar-refractivity contribution in [3.63, 3.8) is 0 Å². The lowest BCUT2D eigenvalue weighted by molar-refractivity contribution is 0.0728. The molecule has 0 bridgehead atoms. The van der Waals surface area contributed by atoms with Gasteiger partial charge in [-0.15, -0.1) is 0 Å². The summed E-state index contributed by atoms with van der Waals surface area (Å²) in [4.78, 5) is 15.0. The minimum Gasteiger partial charge on any atom is -0.336 e. The molecule has 0 spiro atoms. The number of likely N-dealkylation sites (tertiary alicyclic amines) is 1. The summed E-state index contributed by atoms with van der Waals surface area (Å²) in [7, 11) is -3.22. The fraction of sp³-hybridized carbons (Fsp3) is 0.667. The van der Waals surface area contributed by atoms with Crippen LogP contribution in [0.5, 0.6) is 0 Å². The smallest absolute Gasteiger partial charge is 0.319 e. The molecule has 2 N–H and O–H groups in total. The van der Waals surface area contributed by atoms with E-state index >= 15 is 0 Å². The van der Waals surface area contributed by atoms with E-state index in [-0.39, 0.29) is 11.6 Å². The van der Waals surface area contributed by atoms with Crippen molar-refractivity contribution in [1.82, 2.24) is 14.5 Å². The van der Waals surface area contributed by atoms with Crippen LogP contribution in [0, 0.1) is 5.92 Å². The van der Waals surface area contributed by atoms with Crippen molar-refractivity contribution in [2.45, 2.75) is 52.1 Å². The maximum atomic E-state index is 12.6. The van der Waals surface area contributed by atoms with E-state index in [4.69, 9.17) is 0 Å². The average Bonchev–Trinajstić information content (AvgIpc) is 2.66. The molecule has 0 saturated carbocycles. The fourth-order valence-electron chi connectivity index (χ4n) is 4.30. The van der Waals surface area contributed by atoms with Crippen LogP contribution in [0.25, 0.3) is 0 Å². The van der Waals surface area contributed by atoms with Crippen LogP contribution in [0.4, 0.5) is 10.5 Å². The predicted molar refractivity (Wildman–Crippen MR) is 116 cm³/mol. The molecule has 2 aliphatic rings. The lowest BCUT2D eigenvalue weighted by Crippen LogP contribution is -2.55. The third-order valence-corrected chi connectivity index (χ3v) is 7.39. The van der Waals surface area contributed by atoms with Gasteiger partial charge in [-0.1, -0.05) is 19.1 Å². The molecule has 0 radical (unpaired) electrons. The van der Waals surface area contributed by atoms with E-state index in [2.05, 4.69) is 36.3 Å². The second kappa shape index (κ2) is 8.62. The molecule has 3 rings (SSSR count). The number of carbonyl (C=O) groups excluding carboxylic acids is 1. The number of benzene rings is 1. The monoisotopic (exact) mass is 422 g/mol. The number of hydrogen-bond acceptors (Lipinski definition) is 4. The average molecular weight is 423 g/mol. The van der Waals surface area contributed by atoms with Crippen molar-refractivity contribution in [2.75, 3.05) is 37.8 Å². The number of rotatable bonds is 5. The number of piperidine rings is 1. The zero-order chi connectivity index (χ0) is 21.2. The third kappa shape index (κ3) is 5.49. The van der Waals surface area contributed by atoms with Crippen LogP contribution in [0.2, 0.25) is 0 Å². The fourth-order valence-corrected chi connectivity index (χ4v) is 5.09. The molecule has 8 heteroatoms. The van der Waals surface area contributed by atoms with Crippen LogP contribution in [-0.2, 0) is 23.0 Å². The molecule has 0 aromatic heterocycles. The highest BCUT2D eigenvalue weighted by Crippen LogP contribution is 2.27. The molecular weight excluding hydrogens is 388 g/mol. The van der Waals surface area contributed by atoms with Gasteiger partial charge in [-0.3, -0.25) is 4.90 Å². The summed E-state index contributed by atoms with van der Waals surface area (Å²) in [6, 6.07) is 5.45. The number of nitrogens with zero attached hydrogens (tertiary/aromatic N) is 2. The van der Waals surface area contributed by atoms with Gasteiger partial charge in [-0.05, 0) is 62.8 Å². The molecular formula is C21H34N4O3S. The van der Waals surface area contributed by atoms with Crippen LogP contribution in [-0.4, -0.2) is 61.6 Å². The Morgan fingerprint density at radius 2 is 2.03 bits per heavy atom. The summed E-state index contributed by atoms with van der Waals surface area (Å²) in [5.41, 5.74) is 2.63. The van der Waals surface area contributed by atoms with Crippen LogP contribution in [0.3, 0.4) is 0 Å². The largest absolute Gasteiger partial charge is 0.336 e. The number of urea groups is 1. The minimum absolute atomic E-state index is 0.0991. The first kappa shape index (κ1) is 22.1. The van der Waals surface area contributed by atoms with Gasteiger partial charge in [0.15, 0.2) is 0 Å². The minimum atomic E-state index is -3.22. The van der Waals surface area contributed by atoms with E-state index in [1.165, 1.54) is 23.4 Å². The Bertz CT molecular complexity index is 853. The molecule has 1 aromatic carbocycles. The first-order chi connectivity index (χ1) is 13.6. The lowest BCUT2D eigenvalue weighted by Gasteiger charge is -2.43. The van der Waals surface area contributed by atoms with E-state index in [9.17, 15) is 13.2 Å². The van der Waals surface area contributed by atoms with Gasteiger partial charge in [-0.25, -0.2) is 13.2 Å². The van der Waals surface area contributed by atoms with Crippen molar-refractivity contribution in [1.29, 1.82) is 0 Å². The number of amides is 2. The number of sulfonamides is 1. The summed E-state index contributed by atoms with van der Waals surface area (Å²) in [5, 5.41) is 6.00. The van der Waals surface area contributed by atoms with E-state index in [1.807, 2.05) is 18.2 Å². The molecule has 1 unspecified atom stereocenters. The summed E-state index contributed by atoms with van der Waals surface area (Å²) in [6.07, 6.45) is 4.31. The first-order valence-corrected chi connectivity index (χ1v) is 12.3. The zero-order valence-corrected chi connectivity index (χ0v) is 18.8. The van der Waals surface area contributed by atoms with Gasteiger partial charge in [0.1, 0.15) is 0 Å². The Hall–Kier alpha value is -1.64. The van der Waals surface area contributed by atoms with Gasteiger partial charge >= 0.3 is 6.03 Å². The number of hydrogen-bond donors (Lipinski definition) is 2. The van der Waals surface area contributed by atoms with E-state index < -0.39 is 10.0 Å². The molecule has 2 heterocycles. The van der Waals surface area contributed by atoms with E-state index in [0.717, 1.165) is 29.9 Å². The maximum absolute atomic E-state index is 12.6. The molecule has 2 aliphatic heterocycles. The lowest BCUT2D eigenvalue weighted by atomic mass is 9.93. The highest BCUT2D eigenvalue weighted by atomic mass is 32.2. The molecule has 2 amide bonds. The normalized spacial score (nSPS) is 21.4. The molecule has 1 aromatic rings. The Labute approximate surface area is 174 Å². The Morgan fingerprint density at radius 1 is 1.28 bits per heavy atom. The highest BCUT2D eigenvalue weighted by molar-refractivity contribution is 7.88. The second-order valence-electron chi connectivity index (χ2n) is 9.10. The molecule has 7 nitrogen and oxygen atoms in total. The Balaban J connectivity index is 1.60. The van der Waals surface area contributed by atoms with Gasteiger partial charge in [0.2, 0.25) is 10.0 Å². The van der Waals surface area contributed by atoms with Crippen molar-refractivity contribution in [3.8, 4) is 0 Å². The molecule has 29 heavy (non-hydrogen) atoms. The summed E-state index contributed by atoms with van der Waals surface area (Å²) < 4.78 is 25.1. The highest BCUT2D eigenvalue weighted by Gasteiger charge is 2.30. The van der Waals surface area contributed by atoms with Gasteiger partial charge in [0.05, 0.1) is 6.26 Å². The third-order valence-electron chi connectivity index (χ3n) is 6.14. The van der Waals surface area contributed by atoms with Crippen molar-refractivity contribution >= 4 is 21.7 Å². The molecule has 0 aliphatic carbocycles. The van der Waals surface area contributed by atoms with Crippen LogP contribution >= 0.6 is 0 Å². The molecule has 162 valence electrons. The SMILES string of the molecule is CC1CCCN(C(C)(C)CNC(=O)Nc2cccc3c2CCN(S(C)(=O)=O)C3)C1. The predicted octanol–water partition coefficient (Wildman–Crippen LogP) is 2.64. The number of nitrogens with one attached hydrogen (secondary N) is 2. The molecule has 1 atom stereocenters.